The number of carbonyl (C=O) groups excluding carboxylic acids is 2. The summed E-state index contributed by atoms with van der Waals surface area (Å²) in [6, 6.07) is 4.68. The van der Waals surface area contributed by atoms with Gasteiger partial charge in [-0.3, -0.25) is 9.59 Å². The van der Waals surface area contributed by atoms with Crippen LogP contribution in [0.4, 0.5) is 0 Å². The number of amides is 2. The van der Waals surface area contributed by atoms with Gasteiger partial charge in [-0.2, -0.15) is 0 Å². The molecule has 252 valence electrons. The van der Waals surface area contributed by atoms with Crippen LogP contribution in [0.2, 0.25) is 0 Å². The van der Waals surface area contributed by atoms with E-state index in [0.29, 0.717) is 60.0 Å². The number of aromatic hydroxyl groups is 2. The summed E-state index contributed by atoms with van der Waals surface area (Å²) >= 11 is 0. The van der Waals surface area contributed by atoms with Crippen LogP contribution in [0.3, 0.4) is 0 Å². The standard InChI is InChI=1S/C38H54N2O6/c1-22-9-15-38(45-21-22)23(2)35-32(46-38)19-29-27-7-6-25-18-26(10-13-36(25,3)28(27)11-14-37(29,35)4)40-34(44)20-33(43)39-16-12-24-5-8-30(41)31(42)17-24/h5-6,8,17,22-23,26-29,32,35,41-42H,7,9-16,18-21H2,1-4H3,(H,39,43)(H,40,44)/t22-,23+,26?,27-,28+,29+,32+,35+,36+,37+,38-/m1/s1. The summed E-state index contributed by atoms with van der Waals surface area (Å²) in [4.78, 5) is 25.3. The van der Waals surface area contributed by atoms with Crippen LogP contribution < -0.4 is 10.6 Å². The van der Waals surface area contributed by atoms with E-state index >= 15 is 0 Å². The van der Waals surface area contributed by atoms with Gasteiger partial charge < -0.3 is 30.3 Å². The van der Waals surface area contributed by atoms with Crippen molar-refractivity contribution in [1.29, 1.82) is 0 Å². The summed E-state index contributed by atoms with van der Waals surface area (Å²) in [5, 5.41) is 25.1. The minimum atomic E-state index is -0.361. The molecule has 2 saturated heterocycles. The van der Waals surface area contributed by atoms with E-state index in [-0.39, 0.29) is 47.0 Å². The average molecular weight is 635 g/mol. The van der Waals surface area contributed by atoms with Crippen LogP contribution in [-0.2, 0) is 25.5 Å². The van der Waals surface area contributed by atoms with Crippen LogP contribution in [0.5, 0.6) is 11.5 Å². The fourth-order valence-corrected chi connectivity index (χ4v) is 11.4. The Labute approximate surface area is 274 Å². The molecule has 6 aliphatic rings. The summed E-state index contributed by atoms with van der Waals surface area (Å²) in [7, 11) is 0. The van der Waals surface area contributed by atoms with E-state index in [1.54, 1.807) is 6.07 Å². The van der Waals surface area contributed by atoms with E-state index in [2.05, 4.69) is 44.4 Å². The lowest BCUT2D eigenvalue weighted by molar-refractivity contribution is -0.272. The van der Waals surface area contributed by atoms with Crippen molar-refractivity contribution in [2.75, 3.05) is 13.2 Å². The number of phenols is 2. The van der Waals surface area contributed by atoms with E-state index < -0.39 is 0 Å². The molecule has 2 aliphatic heterocycles. The first-order valence-corrected chi connectivity index (χ1v) is 18.0. The highest BCUT2D eigenvalue weighted by Gasteiger charge is 2.68. The minimum Gasteiger partial charge on any atom is -0.504 e. The number of carbonyl (C=O) groups is 2. The van der Waals surface area contributed by atoms with Crippen LogP contribution in [0.1, 0.15) is 97.5 Å². The molecule has 4 N–H and O–H groups in total. The molecule has 0 aromatic heterocycles. The van der Waals surface area contributed by atoms with Gasteiger partial charge in [0.2, 0.25) is 11.8 Å². The average Bonchev–Trinajstić information content (AvgIpc) is 3.46. The maximum absolute atomic E-state index is 12.8. The summed E-state index contributed by atoms with van der Waals surface area (Å²) in [6.07, 6.45) is 13.1. The minimum absolute atomic E-state index is 0.0690. The van der Waals surface area contributed by atoms with E-state index in [9.17, 15) is 19.8 Å². The molecule has 1 spiro atoms. The molecule has 1 aromatic rings. The number of ether oxygens (including phenoxy) is 2. The van der Waals surface area contributed by atoms with Gasteiger partial charge in [-0.25, -0.2) is 0 Å². The molecule has 0 radical (unpaired) electrons. The number of nitrogens with one attached hydrogen (secondary N) is 2. The molecule has 7 rings (SSSR count). The van der Waals surface area contributed by atoms with E-state index in [1.165, 1.54) is 43.4 Å². The lowest BCUT2D eigenvalue weighted by Crippen LogP contribution is -2.53. The Morgan fingerprint density at radius 1 is 1.00 bits per heavy atom. The van der Waals surface area contributed by atoms with Gasteiger partial charge in [0, 0.05) is 24.9 Å². The van der Waals surface area contributed by atoms with Crippen molar-refractivity contribution in [3.05, 3.63) is 35.4 Å². The summed E-state index contributed by atoms with van der Waals surface area (Å²) in [5.74, 6) is 2.46. The van der Waals surface area contributed by atoms with Gasteiger partial charge in [-0.1, -0.05) is 45.4 Å². The van der Waals surface area contributed by atoms with Gasteiger partial charge in [0.15, 0.2) is 17.3 Å². The van der Waals surface area contributed by atoms with Crippen molar-refractivity contribution < 1.29 is 29.3 Å². The fraction of sp³-hybridized carbons (Fsp3) is 0.737. The molecule has 0 bridgehead atoms. The highest BCUT2D eigenvalue weighted by Crippen LogP contribution is 2.70. The number of phenolic OH excluding ortho intramolecular Hbond substituents is 2. The highest BCUT2D eigenvalue weighted by molar-refractivity contribution is 5.97. The predicted octanol–water partition coefficient (Wildman–Crippen LogP) is 6.00. The van der Waals surface area contributed by atoms with Crippen LogP contribution >= 0.6 is 0 Å². The smallest absolute Gasteiger partial charge is 0.229 e. The molecule has 2 heterocycles. The Bertz CT molecular complexity index is 1380. The molecule has 8 nitrogen and oxygen atoms in total. The zero-order valence-corrected chi connectivity index (χ0v) is 28.1. The SMILES string of the molecule is C[C@@H]1CC[C@@]2(OC1)O[C@H]1C[C@H]3[C@@H]4CC=C5CC(NC(=O)CC(=O)NCCc6ccc(O)c(O)c6)CC[C@]5(C)[C@H]4CC[C@]3(C)[C@H]1[C@@H]2C. The topological polar surface area (TPSA) is 117 Å². The summed E-state index contributed by atoms with van der Waals surface area (Å²) in [5.41, 5.74) is 2.80. The van der Waals surface area contributed by atoms with Crippen molar-refractivity contribution in [2.45, 2.75) is 116 Å². The van der Waals surface area contributed by atoms with Crippen LogP contribution in [-0.4, -0.2) is 53.1 Å². The van der Waals surface area contributed by atoms with Gasteiger partial charge in [0.05, 0.1) is 12.7 Å². The normalized spacial score (nSPS) is 42.7. The third-order valence-electron chi connectivity index (χ3n) is 13.8. The molecule has 2 amide bonds. The van der Waals surface area contributed by atoms with Crippen molar-refractivity contribution in [3.8, 4) is 11.5 Å². The van der Waals surface area contributed by atoms with Crippen LogP contribution in [0.25, 0.3) is 0 Å². The lowest BCUT2D eigenvalue weighted by Gasteiger charge is -2.58. The summed E-state index contributed by atoms with van der Waals surface area (Å²) < 4.78 is 13.5. The molecule has 11 atom stereocenters. The Hall–Kier alpha value is -2.58. The largest absolute Gasteiger partial charge is 0.504 e. The number of hydrogen-bond donors (Lipinski definition) is 4. The molecule has 4 aliphatic carbocycles. The van der Waals surface area contributed by atoms with Gasteiger partial charge in [-0.05, 0) is 116 Å². The maximum atomic E-state index is 12.8. The maximum Gasteiger partial charge on any atom is 0.229 e. The van der Waals surface area contributed by atoms with Gasteiger partial charge in [-0.15, -0.1) is 0 Å². The Kier molecular flexibility index (Phi) is 8.23. The van der Waals surface area contributed by atoms with Crippen molar-refractivity contribution >= 4 is 11.8 Å². The third kappa shape index (κ3) is 5.35. The van der Waals surface area contributed by atoms with E-state index in [4.69, 9.17) is 9.47 Å². The lowest BCUT2D eigenvalue weighted by atomic mass is 9.46. The van der Waals surface area contributed by atoms with Crippen molar-refractivity contribution in [2.24, 2.45) is 46.3 Å². The first-order valence-electron chi connectivity index (χ1n) is 18.0. The van der Waals surface area contributed by atoms with Gasteiger partial charge in [0.1, 0.15) is 6.42 Å². The van der Waals surface area contributed by atoms with Crippen LogP contribution in [0.15, 0.2) is 29.8 Å². The van der Waals surface area contributed by atoms with Crippen molar-refractivity contribution in [1.82, 2.24) is 10.6 Å². The summed E-state index contributed by atoms with van der Waals surface area (Å²) in [6.45, 7) is 11.0. The Morgan fingerprint density at radius 3 is 2.59 bits per heavy atom. The molecule has 8 heteroatoms. The predicted molar refractivity (Wildman–Crippen MR) is 175 cm³/mol. The number of hydrogen-bond acceptors (Lipinski definition) is 6. The molecule has 1 aromatic carbocycles. The van der Waals surface area contributed by atoms with Crippen LogP contribution in [0, 0.1) is 46.3 Å². The Morgan fingerprint density at radius 2 is 1.83 bits per heavy atom. The molecule has 3 saturated carbocycles. The number of rotatable bonds is 6. The Balaban J connectivity index is 0.935. The van der Waals surface area contributed by atoms with Crippen molar-refractivity contribution in [3.63, 3.8) is 0 Å². The highest BCUT2D eigenvalue weighted by atomic mass is 16.7. The molecule has 1 unspecified atom stereocenters. The van der Waals surface area contributed by atoms with E-state index in [1.807, 2.05) is 0 Å². The second-order valence-electron chi connectivity index (χ2n) is 16.4. The fourth-order valence-electron chi connectivity index (χ4n) is 11.4. The molecule has 46 heavy (non-hydrogen) atoms. The molecule has 5 fully saturated rings. The first kappa shape index (κ1) is 32.0. The zero-order chi connectivity index (χ0) is 32.4. The monoisotopic (exact) mass is 634 g/mol. The zero-order valence-electron chi connectivity index (χ0n) is 28.1. The quantitative estimate of drug-likeness (QED) is 0.173. The second kappa shape index (κ2) is 11.8. The molecular formula is C38H54N2O6. The number of allylic oxidation sites excluding steroid dienone is 1. The molecular weight excluding hydrogens is 580 g/mol. The second-order valence-corrected chi connectivity index (χ2v) is 16.4. The third-order valence-corrected chi connectivity index (χ3v) is 13.8. The van der Waals surface area contributed by atoms with Gasteiger partial charge >= 0.3 is 0 Å². The van der Waals surface area contributed by atoms with E-state index in [0.717, 1.165) is 44.3 Å². The first-order chi connectivity index (χ1) is 21.9. The number of fused-ring (bicyclic) bond motifs is 7. The van der Waals surface area contributed by atoms with Gasteiger partial charge in [0.25, 0.3) is 0 Å². The number of benzene rings is 1.